The van der Waals surface area contributed by atoms with Gasteiger partial charge in [-0.05, 0) is 48.9 Å². The molecule has 0 fully saturated rings. The summed E-state index contributed by atoms with van der Waals surface area (Å²) < 4.78 is 24.7. The van der Waals surface area contributed by atoms with Crippen LogP contribution in [0.2, 0.25) is 0 Å². The summed E-state index contributed by atoms with van der Waals surface area (Å²) >= 11 is 0. The number of unbranched alkanes of at least 4 members (excludes halogenated alkanes) is 18. The van der Waals surface area contributed by atoms with Gasteiger partial charge in [0.2, 0.25) is 0 Å². The van der Waals surface area contributed by atoms with E-state index in [-0.39, 0.29) is 0 Å². The summed E-state index contributed by atoms with van der Waals surface area (Å²) in [5, 5.41) is 0. The van der Waals surface area contributed by atoms with E-state index in [1.807, 2.05) is 36.4 Å². The second-order valence-corrected chi connectivity index (χ2v) is 12.4. The number of aryl methyl sites for hydroxylation is 2. The first-order chi connectivity index (χ1) is 19.7. The summed E-state index contributed by atoms with van der Waals surface area (Å²) in [5.41, 5.74) is 2.25. The van der Waals surface area contributed by atoms with Crippen molar-refractivity contribution in [1.82, 2.24) is 0 Å². The molecule has 40 heavy (non-hydrogen) atoms. The van der Waals surface area contributed by atoms with E-state index in [1.165, 1.54) is 116 Å². The molecule has 0 saturated carbocycles. The Morgan fingerprint density at radius 3 is 1.10 bits per heavy atom. The van der Waals surface area contributed by atoms with Gasteiger partial charge in [0.15, 0.2) is 0 Å². The zero-order valence-electron chi connectivity index (χ0n) is 25.9. The topological polar surface area (TPSA) is 35.5 Å². The van der Waals surface area contributed by atoms with E-state index in [9.17, 15) is 4.46 Å². The molecule has 0 aliphatic carbocycles. The minimum absolute atomic E-state index is 0.703. The molecule has 2 aromatic rings. The lowest BCUT2D eigenvalue weighted by Gasteiger charge is -2.12. The van der Waals surface area contributed by atoms with E-state index < -0.39 is 9.17 Å². The normalized spacial score (nSPS) is 11.1. The molecule has 0 aliphatic rings. The molecule has 0 saturated heterocycles. The van der Waals surface area contributed by atoms with E-state index >= 15 is 0 Å². The van der Waals surface area contributed by atoms with Crippen LogP contribution in [0.1, 0.15) is 153 Å². The summed E-state index contributed by atoms with van der Waals surface area (Å²) in [5.74, 6) is 1.41. The van der Waals surface area contributed by atoms with Crippen molar-refractivity contribution in [1.29, 1.82) is 0 Å². The molecule has 2 aromatic carbocycles. The van der Waals surface area contributed by atoms with E-state index in [1.54, 1.807) is 0 Å². The molecule has 0 atom stereocenters. The highest BCUT2D eigenvalue weighted by molar-refractivity contribution is 6.28. The molecule has 0 radical (unpaired) electrons. The fourth-order valence-electron chi connectivity index (χ4n) is 5.43. The molecular weight excluding hydrogens is 508 g/mol. The smallest absolute Gasteiger partial charge is 0.459 e. The Balaban J connectivity index is 1.67. The van der Waals surface area contributed by atoms with Gasteiger partial charge in [0.1, 0.15) is 11.5 Å². The first-order valence-corrected chi connectivity index (χ1v) is 18.0. The SMILES string of the molecule is CCCCCCCCCCCCc1ccccc1O[Si](=O)Oc1ccccc1CCCCCCCCCCCC. The van der Waals surface area contributed by atoms with Crippen LogP contribution in [-0.2, 0) is 17.3 Å². The molecule has 0 amide bonds. The Morgan fingerprint density at radius 2 is 0.750 bits per heavy atom. The molecule has 0 aliphatic heterocycles. The van der Waals surface area contributed by atoms with E-state index in [2.05, 4.69) is 26.0 Å². The van der Waals surface area contributed by atoms with E-state index in [0.29, 0.717) is 11.5 Å². The maximum atomic E-state index is 12.9. The van der Waals surface area contributed by atoms with Gasteiger partial charge in [0.05, 0.1) is 0 Å². The van der Waals surface area contributed by atoms with Gasteiger partial charge < -0.3 is 8.85 Å². The third kappa shape index (κ3) is 16.4. The highest BCUT2D eigenvalue weighted by Crippen LogP contribution is 2.24. The fourth-order valence-corrected chi connectivity index (χ4v) is 6.23. The minimum Gasteiger partial charge on any atom is -0.459 e. The fraction of sp³-hybridized carbons (Fsp3) is 0.667. The summed E-state index contributed by atoms with van der Waals surface area (Å²) in [6, 6.07) is 16.0. The second-order valence-electron chi connectivity index (χ2n) is 11.5. The van der Waals surface area contributed by atoms with Crippen LogP contribution in [0.15, 0.2) is 48.5 Å². The maximum absolute atomic E-state index is 12.9. The Morgan fingerprint density at radius 1 is 0.450 bits per heavy atom. The molecule has 0 unspecified atom stereocenters. The molecule has 0 spiro atoms. The monoisotopic (exact) mass is 566 g/mol. The lowest BCUT2D eigenvalue weighted by molar-refractivity contribution is 0.343. The standard InChI is InChI=1S/C36H58O3Si/c1-3-5-7-9-11-13-15-17-19-21-27-33-29-23-25-31-35(33)38-40(37)39-36-32-26-24-30-34(36)28-22-20-18-16-14-12-10-8-6-4-2/h23-26,29-32H,3-22,27-28H2,1-2H3. The van der Waals surface area contributed by atoms with Crippen LogP contribution in [0.3, 0.4) is 0 Å². The first-order valence-electron chi connectivity index (χ1n) is 16.8. The number of benzene rings is 2. The van der Waals surface area contributed by atoms with Crippen LogP contribution in [0.25, 0.3) is 0 Å². The van der Waals surface area contributed by atoms with Gasteiger partial charge in [-0.2, -0.15) is 0 Å². The average Bonchev–Trinajstić information content (AvgIpc) is 2.96. The molecular formula is C36H58O3Si. The maximum Gasteiger partial charge on any atom is 0.778 e. The Kier molecular flexibility index (Phi) is 20.3. The van der Waals surface area contributed by atoms with Crippen molar-refractivity contribution in [3.8, 4) is 11.5 Å². The number of rotatable bonds is 26. The molecule has 224 valence electrons. The van der Waals surface area contributed by atoms with Crippen LogP contribution >= 0.6 is 0 Å². The summed E-state index contributed by atoms with van der Waals surface area (Å²) in [7, 11) is -2.69. The third-order valence-corrected chi connectivity index (χ3v) is 8.70. The van der Waals surface area contributed by atoms with Crippen LogP contribution in [0.4, 0.5) is 0 Å². The van der Waals surface area contributed by atoms with Crippen LogP contribution in [0.5, 0.6) is 11.5 Å². The van der Waals surface area contributed by atoms with E-state index in [4.69, 9.17) is 8.85 Å². The van der Waals surface area contributed by atoms with Crippen molar-refractivity contribution >= 4 is 9.17 Å². The van der Waals surface area contributed by atoms with Crippen molar-refractivity contribution in [2.24, 2.45) is 0 Å². The van der Waals surface area contributed by atoms with Crippen LogP contribution in [0, 0.1) is 0 Å². The highest BCUT2D eigenvalue weighted by atomic mass is 28.3. The lowest BCUT2D eigenvalue weighted by atomic mass is 10.0. The number of hydrogen-bond donors (Lipinski definition) is 0. The molecule has 2 rings (SSSR count). The molecule has 0 N–H and O–H groups in total. The van der Waals surface area contributed by atoms with Gasteiger partial charge >= 0.3 is 9.17 Å². The predicted molar refractivity (Wildman–Crippen MR) is 172 cm³/mol. The largest absolute Gasteiger partial charge is 0.778 e. The van der Waals surface area contributed by atoms with Crippen LogP contribution in [-0.4, -0.2) is 9.17 Å². The molecule has 0 aromatic heterocycles. The number of para-hydroxylation sites is 2. The Hall–Kier alpha value is -1.94. The van der Waals surface area contributed by atoms with Crippen molar-refractivity contribution in [2.75, 3.05) is 0 Å². The van der Waals surface area contributed by atoms with Crippen molar-refractivity contribution in [2.45, 2.75) is 155 Å². The second kappa shape index (κ2) is 23.7. The number of hydrogen-bond acceptors (Lipinski definition) is 3. The third-order valence-electron chi connectivity index (χ3n) is 7.93. The van der Waals surface area contributed by atoms with Gasteiger partial charge in [-0.1, -0.05) is 166 Å². The molecule has 4 heteroatoms. The van der Waals surface area contributed by atoms with Crippen LogP contribution < -0.4 is 8.85 Å². The average molecular weight is 567 g/mol. The summed E-state index contributed by atoms with van der Waals surface area (Å²) in [6.07, 6.45) is 28.4. The minimum atomic E-state index is -2.69. The summed E-state index contributed by atoms with van der Waals surface area (Å²) in [4.78, 5) is 0. The predicted octanol–water partition coefficient (Wildman–Crippen LogP) is 11.5. The van der Waals surface area contributed by atoms with Gasteiger partial charge in [-0.15, -0.1) is 0 Å². The quantitative estimate of drug-likeness (QED) is 0.0839. The van der Waals surface area contributed by atoms with Gasteiger partial charge in [-0.25, -0.2) is 0 Å². The van der Waals surface area contributed by atoms with Gasteiger partial charge in [-0.3, -0.25) is 4.46 Å². The van der Waals surface area contributed by atoms with Crippen molar-refractivity contribution in [3.63, 3.8) is 0 Å². The zero-order valence-corrected chi connectivity index (χ0v) is 26.9. The Labute approximate surface area is 248 Å². The van der Waals surface area contributed by atoms with Gasteiger partial charge in [0.25, 0.3) is 0 Å². The lowest BCUT2D eigenvalue weighted by Crippen LogP contribution is -2.20. The van der Waals surface area contributed by atoms with Crippen molar-refractivity contribution in [3.05, 3.63) is 59.7 Å². The molecule has 0 heterocycles. The molecule has 0 bridgehead atoms. The first kappa shape index (κ1) is 34.3. The van der Waals surface area contributed by atoms with E-state index in [0.717, 1.165) is 36.8 Å². The molecule has 3 nitrogen and oxygen atoms in total. The van der Waals surface area contributed by atoms with Gasteiger partial charge in [0, 0.05) is 0 Å². The Bertz CT molecular complexity index is 826. The highest BCUT2D eigenvalue weighted by Gasteiger charge is 2.18. The van der Waals surface area contributed by atoms with Crippen molar-refractivity contribution < 1.29 is 13.3 Å². The zero-order chi connectivity index (χ0) is 28.5. The summed E-state index contributed by atoms with van der Waals surface area (Å²) in [6.45, 7) is 4.54.